The molecule has 8 nitrogen and oxygen atoms in total. The molecule has 156 valence electrons. The molecule has 1 aromatic carbocycles. The molecule has 1 spiro atoms. The van der Waals surface area contributed by atoms with Gasteiger partial charge in [-0.05, 0) is 68.2 Å². The topological polar surface area (TPSA) is 82.4 Å². The van der Waals surface area contributed by atoms with E-state index in [1.165, 1.54) is 0 Å². The fraction of sp³-hybridized carbons (Fsp3) is 0.619. The second-order valence-corrected chi connectivity index (χ2v) is 9.02. The maximum Gasteiger partial charge on any atom is 0.229 e. The van der Waals surface area contributed by atoms with Crippen molar-refractivity contribution in [1.29, 1.82) is 0 Å². The lowest BCUT2D eigenvalue weighted by Crippen LogP contribution is -2.39. The van der Waals surface area contributed by atoms with Gasteiger partial charge in [0.05, 0.1) is 24.1 Å². The average molecular weight is 399 g/mol. The Bertz CT molecular complexity index is 882. The van der Waals surface area contributed by atoms with E-state index in [4.69, 9.17) is 9.47 Å². The predicted molar refractivity (Wildman–Crippen MR) is 106 cm³/mol. The van der Waals surface area contributed by atoms with Crippen LogP contribution in [0.1, 0.15) is 57.5 Å². The summed E-state index contributed by atoms with van der Waals surface area (Å²) >= 11 is 0. The summed E-state index contributed by atoms with van der Waals surface area (Å²) in [4.78, 5) is 15.6. The highest BCUT2D eigenvalue weighted by Crippen LogP contribution is 2.50. The van der Waals surface area contributed by atoms with Gasteiger partial charge in [0, 0.05) is 19.8 Å². The largest absolute Gasteiger partial charge is 0.497 e. The zero-order valence-electron chi connectivity index (χ0n) is 17.6. The lowest BCUT2D eigenvalue weighted by atomic mass is 9.77. The van der Waals surface area contributed by atoms with Crippen molar-refractivity contribution in [3.05, 3.63) is 35.7 Å². The Labute approximate surface area is 171 Å². The van der Waals surface area contributed by atoms with Gasteiger partial charge in [-0.3, -0.25) is 4.79 Å². The van der Waals surface area contributed by atoms with Crippen molar-refractivity contribution in [2.24, 2.45) is 5.41 Å². The van der Waals surface area contributed by atoms with Gasteiger partial charge < -0.3 is 14.4 Å². The van der Waals surface area contributed by atoms with E-state index in [0.717, 1.165) is 36.4 Å². The summed E-state index contributed by atoms with van der Waals surface area (Å²) in [5.41, 5.74) is 0.368. The number of amides is 1. The minimum absolute atomic E-state index is 0.166. The lowest BCUT2D eigenvalue weighted by molar-refractivity contribution is -0.141. The first kappa shape index (κ1) is 19.8. The van der Waals surface area contributed by atoms with E-state index in [0.29, 0.717) is 19.8 Å². The molecule has 1 amide bonds. The zero-order valence-corrected chi connectivity index (χ0v) is 17.6. The summed E-state index contributed by atoms with van der Waals surface area (Å²) in [6, 6.07) is 7.70. The van der Waals surface area contributed by atoms with Gasteiger partial charge in [0.25, 0.3) is 0 Å². The third kappa shape index (κ3) is 3.61. The molecular formula is C21H29N5O3. The van der Waals surface area contributed by atoms with Crippen LogP contribution in [0.25, 0.3) is 0 Å². The van der Waals surface area contributed by atoms with Crippen LogP contribution >= 0.6 is 0 Å². The van der Waals surface area contributed by atoms with Crippen LogP contribution in [0, 0.1) is 5.41 Å². The first-order chi connectivity index (χ1) is 13.8. The second kappa shape index (κ2) is 7.40. The van der Waals surface area contributed by atoms with Crippen molar-refractivity contribution in [2.75, 3.05) is 20.3 Å². The maximum absolute atomic E-state index is 13.7. The summed E-state index contributed by atoms with van der Waals surface area (Å²) in [5.74, 6) is 1.71. The summed E-state index contributed by atoms with van der Waals surface area (Å²) in [5, 5.41) is 12.5. The van der Waals surface area contributed by atoms with Crippen molar-refractivity contribution < 1.29 is 14.3 Å². The molecular weight excluding hydrogens is 370 g/mol. The number of nitrogens with zero attached hydrogens (tertiary/aromatic N) is 5. The molecule has 0 N–H and O–H groups in total. The smallest absolute Gasteiger partial charge is 0.229 e. The Morgan fingerprint density at radius 2 is 2.03 bits per heavy atom. The van der Waals surface area contributed by atoms with Crippen molar-refractivity contribution in [2.45, 2.75) is 58.2 Å². The Morgan fingerprint density at radius 3 is 2.72 bits per heavy atom. The minimum Gasteiger partial charge on any atom is -0.497 e. The summed E-state index contributed by atoms with van der Waals surface area (Å²) < 4.78 is 12.8. The van der Waals surface area contributed by atoms with Gasteiger partial charge in [-0.15, -0.1) is 5.10 Å². The van der Waals surface area contributed by atoms with E-state index in [-0.39, 0.29) is 17.5 Å². The normalized spacial score (nSPS) is 21.7. The van der Waals surface area contributed by atoms with E-state index in [1.54, 1.807) is 7.11 Å². The van der Waals surface area contributed by atoms with E-state index < -0.39 is 5.41 Å². The van der Waals surface area contributed by atoms with Gasteiger partial charge in [0.1, 0.15) is 5.75 Å². The Hall–Kier alpha value is -2.48. The fourth-order valence-corrected chi connectivity index (χ4v) is 4.45. The van der Waals surface area contributed by atoms with Crippen LogP contribution in [0.5, 0.6) is 5.75 Å². The molecule has 0 radical (unpaired) electrons. The van der Waals surface area contributed by atoms with Crippen molar-refractivity contribution >= 4 is 5.91 Å². The average Bonchev–Trinajstić information content (AvgIpc) is 3.29. The molecule has 2 saturated heterocycles. The number of rotatable bonds is 4. The molecule has 4 rings (SSSR count). The number of carbonyl (C=O) groups excluding carboxylic acids is 1. The lowest BCUT2D eigenvalue weighted by Gasteiger charge is -2.31. The van der Waals surface area contributed by atoms with Gasteiger partial charge >= 0.3 is 0 Å². The molecule has 29 heavy (non-hydrogen) atoms. The number of carbonyl (C=O) groups is 1. The highest BCUT2D eigenvalue weighted by Gasteiger charge is 2.54. The number of hydrogen-bond donors (Lipinski definition) is 0. The molecule has 0 aliphatic carbocycles. The van der Waals surface area contributed by atoms with Crippen molar-refractivity contribution in [3.8, 4) is 5.75 Å². The monoisotopic (exact) mass is 399 g/mol. The van der Waals surface area contributed by atoms with E-state index >= 15 is 0 Å². The summed E-state index contributed by atoms with van der Waals surface area (Å²) in [7, 11) is 1.65. The molecule has 2 aromatic rings. The van der Waals surface area contributed by atoms with Crippen LogP contribution in [0.4, 0.5) is 0 Å². The predicted octanol–water partition coefficient (Wildman–Crippen LogP) is 2.71. The van der Waals surface area contributed by atoms with Crippen molar-refractivity contribution in [1.82, 2.24) is 25.1 Å². The molecule has 1 atom stereocenters. The Morgan fingerprint density at radius 1 is 1.28 bits per heavy atom. The van der Waals surface area contributed by atoms with Crippen LogP contribution in [-0.4, -0.2) is 51.3 Å². The standard InChI is InChI=1S/C21H29N5O3/c1-20(2,3)26-18(22-23-24-26)17-13-21(8-10-29-11-9-21)19(27)25(17)14-15-6-5-7-16(12-15)28-4/h5-7,12,17H,8-11,13-14H2,1-4H3/t17-/m0/s1. The number of aromatic nitrogens is 4. The molecule has 2 aliphatic heterocycles. The fourth-order valence-electron chi connectivity index (χ4n) is 4.45. The van der Waals surface area contributed by atoms with Crippen LogP contribution < -0.4 is 4.74 Å². The third-order valence-corrected chi connectivity index (χ3v) is 6.04. The number of hydrogen-bond acceptors (Lipinski definition) is 6. The molecule has 8 heteroatoms. The van der Waals surface area contributed by atoms with Crippen molar-refractivity contribution in [3.63, 3.8) is 0 Å². The number of benzene rings is 1. The molecule has 3 heterocycles. The van der Waals surface area contributed by atoms with Gasteiger partial charge in [0.2, 0.25) is 5.91 Å². The molecule has 0 saturated carbocycles. The first-order valence-corrected chi connectivity index (χ1v) is 10.1. The van der Waals surface area contributed by atoms with E-state index in [2.05, 4.69) is 36.3 Å². The van der Waals surface area contributed by atoms with Crippen LogP contribution in [0.15, 0.2) is 24.3 Å². The van der Waals surface area contributed by atoms with E-state index in [1.807, 2.05) is 33.8 Å². The molecule has 1 aromatic heterocycles. The van der Waals surface area contributed by atoms with Crippen LogP contribution in [0.2, 0.25) is 0 Å². The number of likely N-dealkylation sites (tertiary alicyclic amines) is 1. The highest BCUT2D eigenvalue weighted by atomic mass is 16.5. The van der Waals surface area contributed by atoms with Gasteiger partial charge in [0.15, 0.2) is 5.82 Å². The maximum atomic E-state index is 13.7. The SMILES string of the molecule is COc1cccc(CN2C(=O)C3(CCOCC3)C[C@H]2c2nnnn2C(C)(C)C)c1. The molecule has 2 aliphatic rings. The second-order valence-electron chi connectivity index (χ2n) is 9.02. The minimum atomic E-state index is -0.392. The highest BCUT2D eigenvalue weighted by molar-refractivity contribution is 5.85. The van der Waals surface area contributed by atoms with Crippen LogP contribution in [-0.2, 0) is 21.6 Å². The summed E-state index contributed by atoms with van der Waals surface area (Å²) in [6.07, 6.45) is 2.21. The van der Waals surface area contributed by atoms with E-state index in [9.17, 15) is 4.79 Å². The number of ether oxygens (including phenoxy) is 2. The zero-order chi connectivity index (χ0) is 20.6. The molecule has 0 bridgehead atoms. The molecule has 0 unspecified atom stereocenters. The third-order valence-electron chi connectivity index (χ3n) is 6.04. The van der Waals surface area contributed by atoms with Crippen LogP contribution in [0.3, 0.4) is 0 Å². The first-order valence-electron chi connectivity index (χ1n) is 10.1. The van der Waals surface area contributed by atoms with Gasteiger partial charge in [-0.2, -0.15) is 0 Å². The Kier molecular flexibility index (Phi) is 5.06. The quantitative estimate of drug-likeness (QED) is 0.786. The summed E-state index contributed by atoms with van der Waals surface area (Å²) in [6.45, 7) is 7.95. The number of methoxy groups -OCH3 is 1. The molecule has 2 fully saturated rings. The van der Waals surface area contributed by atoms with Gasteiger partial charge in [-0.1, -0.05) is 12.1 Å². The van der Waals surface area contributed by atoms with Gasteiger partial charge in [-0.25, -0.2) is 4.68 Å². The number of tetrazole rings is 1. The Balaban J connectivity index is 1.72.